The second-order valence-corrected chi connectivity index (χ2v) is 7.15. The highest BCUT2D eigenvalue weighted by atomic mass is 19.4. The molecule has 3 aromatic rings. The highest BCUT2D eigenvalue weighted by Gasteiger charge is 2.35. The van der Waals surface area contributed by atoms with E-state index in [4.69, 9.17) is 9.15 Å². The summed E-state index contributed by atoms with van der Waals surface area (Å²) in [5.41, 5.74) is -0.137. The highest BCUT2D eigenvalue weighted by Crippen LogP contribution is 2.32. The van der Waals surface area contributed by atoms with E-state index in [2.05, 4.69) is 15.6 Å². The Morgan fingerprint density at radius 2 is 2.20 bits per heavy atom. The van der Waals surface area contributed by atoms with Crippen molar-refractivity contribution in [1.29, 1.82) is 0 Å². The van der Waals surface area contributed by atoms with E-state index in [0.717, 1.165) is 19.2 Å². The van der Waals surface area contributed by atoms with Gasteiger partial charge in [-0.1, -0.05) is 6.07 Å². The van der Waals surface area contributed by atoms with Crippen LogP contribution in [0.4, 0.5) is 13.2 Å². The molecular formula is C21H20F3N3O3. The molecule has 1 aromatic carbocycles. The molecule has 1 unspecified atom stereocenters. The van der Waals surface area contributed by atoms with E-state index in [-0.39, 0.29) is 24.1 Å². The number of carbonyl (C=O) groups is 1. The minimum atomic E-state index is -4.56. The van der Waals surface area contributed by atoms with E-state index < -0.39 is 11.9 Å². The zero-order chi connectivity index (χ0) is 21.3. The number of aromatic nitrogens is 1. The number of hydrogen-bond acceptors (Lipinski definition) is 5. The molecule has 3 heterocycles. The van der Waals surface area contributed by atoms with Crippen molar-refractivity contribution in [3.63, 3.8) is 0 Å². The first-order chi connectivity index (χ1) is 14.3. The summed E-state index contributed by atoms with van der Waals surface area (Å²) < 4.78 is 50.6. The maximum Gasteiger partial charge on any atom is 0.433 e. The zero-order valence-corrected chi connectivity index (χ0v) is 16.2. The van der Waals surface area contributed by atoms with Gasteiger partial charge in [-0.25, -0.2) is 0 Å². The first kappa shape index (κ1) is 20.2. The van der Waals surface area contributed by atoms with Crippen LogP contribution in [0.1, 0.15) is 33.8 Å². The molecule has 0 saturated carbocycles. The summed E-state index contributed by atoms with van der Waals surface area (Å²) in [4.78, 5) is 16.2. The zero-order valence-electron chi connectivity index (χ0n) is 16.2. The molecule has 1 saturated heterocycles. The molecule has 1 fully saturated rings. The standard InChI is InChI=1S/C21H20F3N3O3/c1-12-18(20(28)27-14-6-8-25-10-14)16-9-15(4-5-17(16)30-12)29-11-13-3-2-7-26-19(13)21(22,23)24/h2-5,7,9,14,25H,6,8,10-11H2,1H3,(H,27,28). The number of benzene rings is 1. The van der Waals surface area contributed by atoms with Crippen LogP contribution >= 0.6 is 0 Å². The molecule has 2 N–H and O–H groups in total. The van der Waals surface area contributed by atoms with Crippen molar-refractivity contribution in [2.24, 2.45) is 0 Å². The van der Waals surface area contributed by atoms with E-state index in [1.165, 1.54) is 12.1 Å². The number of amides is 1. The van der Waals surface area contributed by atoms with Gasteiger partial charge in [0.2, 0.25) is 0 Å². The van der Waals surface area contributed by atoms with Gasteiger partial charge in [-0.2, -0.15) is 13.2 Å². The summed E-state index contributed by atoms with van der Waals surface area (Å²) in [5.74, 6) is 0.554. The molecule has 1 amide bonds. The first-order valence-corrected chi connectivity index (χ1v) is 9.51. The van der Waals surface area contributed by atoms with Crippen LogP contribution < -0.4 is 15.4 Å². The second kappa shape index (κ2) is 7.98. The number of nitrogens with zero attached hydrogens (tertiary/aromatic N) is 1. The maximum absolute atomic E-state index is 13.1. The lowest BCUT2D eigenvalue weighted by Crippen LogP contribution is -2.36. The summed E-state index contributed by atoms with van der Waals surface area (Å²) in [6.45, 7) is 2.96. The van der Waals surface area contributed by atoms with Crippen LogP contribution in [0.25, 0.3) is 11.0 Å². The molecule has 0 radical (unpaired) electrons. The van der Waals surface area contributed by atoms with Gasteiger partial charge < -0.3 is 19.8 Å². The third-order valence-corrected chi connectivity index (χ3v) is 5.01. The number of nitrogens with one attached hydrogen (secondary N) is 2. The van der Waals surface area contributed by atoms with Crippen LogP contribution in [0, 0.1) is 6.92 Å². The summed E-state index contributed by atoms with van der Waals surface area (Å²) in [5, 5.41) is 6.72. The molecule has 30 heavy (non-hydrogen) atoms. The van der Waals surface area contributed by atoms with E-state index in [1.807, 2.05) is 0 Å². The number of rotatable bonds is 5. The third kappa shape index (κ3) is 4.11. The highest BCUT2D eigenvalue weighted by molar-refractivity contribution is 6.07. The van der Waals surface area contributed by atoms with Crippen molar-refractivity contribution >= 4 is 16.9 Å². The van der Waals surface area contributed by atoms with Crippen molar-refractivity contribution in [3.05, 3.63) is 59.1 Å². The monoisotopic (exact) mass is 419 g/mol. The fourth-order valence-corrected chi connectivity index (χ4v) is 3.58. The first-order valence-electron chi connectivity index (χ1n) is 9.51. The molecule has 0 spiro atoms. The van der Waals surface area contributed by atoms with E-state index >= 15 is 0 Å². The number of furan rings is 1. The number of aryl methyl sites for hydroxylation is 1. The minimum Gasteiger partial charge on any atom is -0.489 e. The Labute approximate surface area is 170 Å². The van der Waals surface area contributed by atoms with Crippen molar-refractivity contribution in [1.82, 2.24) is 15.6 Å². The molecule has 0 aliphatic carbocycles. The summed E-state index contributed by atoms with van der Waals surface area (Å²) in [6.07, 6.45) is -2.62. The molecule has 0 bridgehead atoms. The number of ether oxygens (including phenoxy) is 1. The average Bonchev–Trinajstić information content (AvgIpc) is 3.32. The molecule has 9 heteroatoms. The summed E-state index contributed by atoms with van der Waals surface area (Å²) in [6, 6.07) is 7.64. The number of fused-ring (bicyclic) bond motifs is 1. The van der Waals surface area contributed by atoms with Crippen LogP contribution in [0.5, 0.6) is 5.75 Å². The number of carbonyl (C=O) groups excluding carboxylic acids is 1. The van der Waals surface area contributed by atoms with Crippen LogP contribution in [0.2, 0.25) is 0 Å². The molecule has 2 aromatic heterocycles. The largest absolute Gasteiger partial charge is 0.489 e. The molecule has 158 valence electrons. The molecule has 6 nitrogen and oxygen atoms in total. The van der Waals surface area contributed by atoms with Crippen LogP contribution in [-0.4, -0.2) is 30.0 Å². The van der Waals surface area contributed by atoms with Gasteiger partial charge in [0.25, 0.3) is 5.91 Å². The Morgan fingerprint density at radius 3 is 2.93 bits per heavy atom. The Hall–Kier alpha value is -3.07. The van der Waals surface area contributed by atoms with Crippen LogP contribution in [0.15, 0.2) is 40.9 Å². The van der Waals surface area contributed by atoms with Gasteiger partial charge in [0.05, 0.1) is 5.56 Å². The number of pyridine rings is 1. The topological polar surface area (TPSA) is 76.4 Å². The van der Waals surface area contributed by atoms with Gasteiger partial charge >= 0.3 is 6.18 Å². The maximum atomic E-state index is 13.1. The lowest BCUT2D eigenvalue weighted by atomic mass is 10.1. The number of hydrogen-bond donors (Lipinski definition) is 2. The van der Waals surface area contributed by atoms with Gasteiger partial charge in [0.1, 0.15) is 23.7 Å². The summed E-state index contributed by atoms with van der Waals surface area (Å²) in [7, 11) is 0. The van der Waals surface area contributed by atoms with Gasteiger partial charge in [-0.3, -0.25) is 9.78 Å². The van der Waals surface area contributed by atoms with Crippen LogP contribution in [0.3, 0.4) is 0 Å². The van der Waals surface area contributed by atoms with Crippen LogP contribution in [-0.2, 0) is 12.8 Å². The molecule has 1 aliphatic rings. The molecule has 1 atom stereocenters. The predicted octanol–water partition coefficient (Wildman–Crippen LogP) is 3.83. The fraction of sp³-hybridized carbons (Fsp3) is 0.333. The Kier molecular flexibility index (Phi) is 5.38. The number of halogens is 3. The Balaban J connectivity index is 1.57. The Morgan fingerprint density at radius 1 is 1.37 bits per heavy atom. The molecule has 1 aliphatic heterocycles. The van der Waals surface area contributed by atoms with Crippen molar-refractivity contribution in [2.45, 2.75) is 32.2 Å². The molecular weight excluding hydrogens is 399 g/mol. The smallest absolute Gasteiger partial charge is 0.433 e. The average molecular weight is 419 g/mol. The van der Waals surface area contributed by atoms with E-state index in [1.54, 1.807) is 25.1 Å². The third-order valence-electron chi connectivity index (χ3n) is 5.01. The van der Waals surface area contributed by atoms with Crippen molar-refractivity contribution in [2.75, 3.05) is 13.1 Å². The molecule has 4 rings (SSSR count). The van der Waals surface area contributed by atoms with Crippen molar-refractivity contribution in [3.8, 4) is 5.75 Å². The second-order valence-electron chi connectivity index (χ2n) is 7.15. The summed E-state index contributed by atoms with van der Waals surface area (Å²) >= 11 is 0. The van der Waals surface area contributed by atoms with Gasteiger partial charge in [0, 0.05) is 29.7 Å². The predicted molar refractivity (Wildman–Crippen MR) is 103 cm³/mol. The fourth-order valence-electron chi connectivity index (χ4n) is 3.58. The lowest BCUT2D eigenvalue weighted by Gasteiger charge is -2.13. The van der Waals surface area contributed by atoms with Gasteiger partial charge in [-0.05, 0) is 44.2 Å². The van der Waals surface area contributed by atoms with Gasteiger partial charge in [-0.15, -0.1) is 0 Å². The SMILES string of the molecule is Cc1oc2ccc(OCc3cccnc3C(F)(F)F)cc2c1C(=O)NC1CCNC1. The number of alkyl halides is 3. The van der Waals surface area contributed by atoms with E-state index in [9.17, 15) is 18.0 Å². The van der Waals surface area contributed by atoms with E-state index in [0.29, 0.717) is 34.6 Å². The minimum absolute atomic E-state index is 0.0488. The lowest BCUT2D eigenvalue weighted by molar-refractivity contribution is -0.142. The Bertz CT molecular complexity index is 1070. The van der Waals surface area contributed by atoms with Crippen molar-refractivity contribution < 1.29 is 27.1 Å². The van der Waals surface area contributed by atoms with Gasteiger partial charge in [0.15, 0.2) is 5.69 Å². The quantitative estimate of drug-likeness (QED) is 0.658. The normalized spacial score (nSPS) is 16.7.